The first-order valence-corrected chi connectivity index (χ1v) is 6.96. The average Bonchev–Trinajstić information content (AvgIpc) is 2.48. The number of hydrogen-bond donors (Lipinski definition) is 0. The fourth-order valence-corrected chi connectivity index (χ4v) is 2.49. The standard InChI is InChI=1S/C15H20NO3/c1-2-19-15(17)12-8-10-14(11-9-12)16(18)13-6-4-3-5-7-13/h8-11,13H,2-7H2,1H3/q+1. The largest absolute Gasteiger partial charge is 0.462 e. The molecule has 4 heteroatoms. The van der Waals surface area contributed by atoms with Crippen molar-refractivity contribution >= 4 is 11.7 Å². The van der Waals surface area contributed by atoms with Crippen molar-refractivity contribution < 1.29 is 14.3 Å². The molecular formula is C15H20NO3+. The van der Waals surface area contributed by atoms with Gasteiger partial charge in [-0.3, -0.25) is 0 Å². The lowest BCUT2D eigenvalue weighted by Gasteiger charge is -2.14. The number of nitrogens with zero attached hydrogens (tertiary/aromatic N) is 1. The van der Waals surface area contributed by atoms with Crippen LogP contribution in [0.5, 0.6) is 0 Å². The van der Waals surface area contributed by atoms with E-state index in [-0.39, 0.29) is 12.0 Å². The molecule has 0 aromatic heterocycles. The third kappa shape index (κ3) is 3.40. The number of hydrogen-bond acceptors (Lipinski definition) is 3. The van der Waals surface area contributed by atoms with Gasteiger partial charge in [-0.25, -0.2) is 4.79 Å². The van der Waals surface area contributed by atoms with Crippen molar-refractivity contribution in [2.75, 3.05) is 6.61 Å². The normalized spacial score (nSPS) is 16.1. The van der Waals surface area contributed by atoms with Gasteiger partial charge in [0.05, 0.1) is 12.2 Å². The molecule has 1 aliphatic carbocycles. The van der Waals surface area contributed by atoms with E-state index in [2.05, 4.69) is 0 Å². The van der Waals surface area contributed by atoms with E-state index < -0.39 is 0 Å². The van der Waals surface area contributed by atoms with Crippen molar-refractivity contribution in [2.24, 2.45) is 0 Å². The maximum atomic E-state index is 12.2. The molecule has 1 aromatic rings. The van der Waals surface area contributed by atoms with Crippen LogP contribution in [0.3, 0.4) is 0 Å². The molecule has 0 N–H and O–H groups in total. The summed E-state index contributed by atoms with van der Waals surface area (Å²) >= 11 is 0. The number of ether oxygens (including phenoxy) is 1. The van der Waals surface area contributed by atoms with Crippen LogP contribution in [0, 0.1) is 4.91 Å². The lowest BCUT2D eigenvalue weighted by atomic mass is 9.95. The Morgan fingerprint density at radius 3 is 2.42 bits per heavy atom. The van der Waals surface area contributed by atoms with Crippen molar-refractivity contribution in [1.29, 1.82) is 0 Å². The van der Waals surface area contributed by atoms with Gasteiger partial charge in [0.2, 0.25) is 6.04 Å². The molecule has 0 atom stereocenters. The van der Waals surface area contributed by atoms with Gasteiger partial charge in [0, 0.05) is 34.6 Å². The summed E-state index contributed by atoms with van der Waals surface area (Å²) < 4.78 is 6.01. The molecule has 102 valence electrons. The average molecular weight is 262 g/mol. The molecule has 19 heavy (non-hydrogen) atoms. The van der Waals surface area contributed by atoms with Crippen LogP contribution in [0.25, 0.3) is 0 Å². The summed E-state index contributed by atoms with van der Waals surface area (Å²) in [6, 6.07) is 6.80. The topological polar surface area (TPSA) is 46.4 Å². The van der Waals surface area contributed by atoms with Crippen molar-refractivity contribution in [3.05, 3.63) is 34.7 Å². The molecule has 1 fully saturated rings. The van der Waals surface area contributed by atoms with Gasteiger partial charge in [0.15, 0.2) is 0 Å². The van der Waals surface area contributed by atoms with E-state index in [4.69, 9.17) is 4.74 Å². The summed E-state index contributed by atoms with van der Waals surface area (Å²) in [7, 11) is 0. The van der Waals surface area contributed by atoms with Crippen molar-refractivity contribution in [3.8, 4) is 0 Å². The minimum absolute atomic E-state index is 0.0854. The van der Waals surface area contributed by atoms with Crippen molar-refractivity contribution in [3.63, 3.8) is 0 Å². The second-order valence-electron chi connectivity index (χ2n) is 4.88. The zero-order valence-electron chi connectivity index (χ0n) is 11.3. The smallest absolute Gasteiger partial charge is 0.338 e. The molecule has 0 amide bonds. The molecule has 0 heterocycles. The molecule has 1 saturated carbocycles. The summed E-state index contributed by atoms with van der Waals surface area (Å²) in [4.78, 5) is 23.7. The fourth-order valence-electron chi connectivity index (χ4n) is 2.49. The first-order chi connectivity index (χ1) is 9.22. The van der Waals surface area contributed by atoms with Crippen molar-refractivity contribution in [2.45, 2.75) is 45.1 Å². The van der Waals surface area contributed by atoms with E-state index in [1.165, 1.54) is 6.42 Å². The van der Waals surface area contributed by atoms with Crippen LogP contribution in [-0.4, -0.2) is 23.4 Å². The van der Waals surface area contributed by atoms with Crippen LogP contribution in [0.1, 0.15) is 49.4 Å². The molecule has 0 saturated heterocycles. The highest BCUT2D eigenvalue weighted by Gasteiger charge is 2.29. The van der Waals surface area contributed by atoms with Crippen LogP contribution in [0.2, 0.25) is 0 Å². The van der Waals surface area contributed by atoms with E-state index in [0.29, 0.717) is 17.9 Å². The predicted octanol–water partition coefficient (Wildman–Crippen LogP) is 3.61. The maximum Gasteiger partial charge on any atom is 0.338 e. The lowest BCUT2D eigenvalue weighted by Crippen LogP contribution is -2.23. The Kier molecular flexibility index (Phi) is 4.66. The van der Waals surface area contributed by atoms with Gasteiger partial charge < -0.3 is 4.74 Å². The first kappa shape index (κ1) is 13.7. The molecule has 2 rings (SSSR count). The first-order valence-electron chi connectivity index (χ1n) is 6.96. The van der Waals surface area contributed by atoms with Crippen LogP contribution in [-0.2, 0) is 4.74 Å². The molecule has 0 bridgehead atoms. The third-order valence-corrected chi connectivity index (χ3v) is 3.54. The Hall–Kier alpha value is -1.71. The van der Waals surface area contributed by atoms with Gasteiger partial charge in [-0.15, -0.1) is 0 Å². The molecular weight excluding hydrogens is 242 g/mol. The Labute approximate surface area is 113 Å². The highest BCUT2D eigenvalue weighted by molar-refractivity contribution is 5.89. The Balaban J connectivity index is 2.05. The number of nitroso groups, excluding NO2 is 1. The van der Waals surface area contributed by atoms with E-state index in [9.17, 15) is 9.70 Å². The summed E-state index contributed by atoms with van der Waals surface area (Å²) in [5.74, 6) is -0.343. The Bertz CT molecular complexity index is 447. The SMILES string of the molecule is CCOC(=O)c1ccc([N+](=O)C2CCCCC2)cc1. The molecule has 0 aliphatic heterocycles. The molecule has 0 unspecified atom stereocenters. The van der Waals surface area contributed by atoms with Crippen LogP contribution >= 0.6 is 0 Å². The summed E-state index contributed by atoms with van der Waals surface area (Å²) in [6.45, 7) is 2.13. The van der Waals surface area contributed by atoms with Gasteiger partial charge in [0.25, 0.3) is 5.69 Å². The summed E-state index contributed by atoms with van der Waals surface area (Å²) in [5, 5.41) is 0. The summed E-state index contributed by atoms with van der Waals surface area (Å²) in [5.41, 5.74) is 1.11. The van der Waals surface area contributed by atoms with E-state index in [1.807, 2.05) is 0 Å². The lowest BCUT2D eigenvalue weighted by molar-refractivity contribution is -0.510. The molecule has 0 spiro atoms. The Morgan fingerprint density at radius 1 is 1.21 bits per heavy atom. The molecule has 0 radical (unpaired) electrons. The monoisotopic (exact) mass is 262 g/mol. The number of carbonyl (C=O) groups is 1. The quantitative estimate of drug-likeness (QED) is 0.615. The van der Waals surface area contributed by atoms with Crippen molar-refractivity contribution in [1.82, 2.24) is 0 Å². The van der Waals surface area contributed by atoms with Gasteiger partial charge in [-0.05, 0) is 31.9 Å². The van der Waals surface area contributed by atoms with Gasteiger partial charge in [0.1, 0.15) is 0 Å². The molecule has 1 aromatic carbocycles. The van der Waals surface area contributed by atoms with E-state index >= 15 is 0 Å². The van der Waals surface area contributed by atoms with Crippen LogP contribution < -0.4 is 0 Å². The second-order valence-corrected chi connectivity index (χ2v) is 4.88. The minimum Gasteiger partial charge on any atom is -0.462 e. The number of rotatable bonds is 4. The highest BCUT2D eigenvalue weighted by atomic mass is 16.5. The second kappa shape index (κ2) is 6.45. The maximum absolute atomic E-state index is 12.2. The third-order valence-electron chi connectivity index (χ3n) is 3.54. The minimum atomic E-state index is -0.343. The zero-order chi connectivity index (χ0) is 13.7. The van der Waals surface area contributed by atoms with Crippen LogP contribution in [0.4, 0.5) is 5.69 Å². The zero-order valence-corrected chi connectivity index (χ0v) is 11.3. The van der Waals surface area contributed by atoms with Gasteiger partial charge in [-0.1, -0.05) is 6.42 Å². The van der Waals surface area contributed by atoms with Gasteiger partial charge >= 0.3 is 5.97 Å². The van der Waals surface area contributed by atoms with E-state index in [1.54, 1.807) is 31.2 Å². The molecule has 4 nitrogen and oxygen atoms in total. The number of carbonyl (C=O) groups excluding carboxylic acids is 1. The predicted molar refractivity (Wildman–Crippen MR) is 72.6 cm³/mol. The summed E-state index contributed by atoms with van der Waals surface area (Å²) in [6.07, 6.45) is 5.41. The fraction of sp³-hybridized carbons (Fsp3) is 0.533. The van der Waals surface area contributed by atoms with E-state index in [0.717, 1.165) is 30.4 Å². The highest BCUT2D eigenvalue weighted by Crippen LogP contribution is 2.25. The molecule has 1 aliphatic rings. The number of esters is 1. The number of benzene rings is 1. The Morgan fingerprint density at radius 2 is 1.84 bits per heavy atom. The van der Waals surface area contributed by atoms with Gasteiger partial charge in [-0.2, -0.15) is 0 Å². The van der Waals surface area contributed by atoms with Crippen LogP contribution in [0.15, 0.2) is 24.3 Å².